The van der Waals surface area contributed by atoms with Crippen LogP contribution in [0.3, 0.4) is 0 Å². The van der Waals surface area contributed by atoms with Gasteiger partial charge in [-0.15, -0.1) is 10.2 Å². The zero-order valence-corrected chi connectivity index (χ0v) is 18.4. The first-order valence-electron chi connectivity index (χ1n) is 10.3. The van der Waals surface area contributed by atoms with E-state index in [1.54, 1.807) is 12.3 Å². The van der Waals surface area contributed by atoms with Gasteiger partial charge < -0.3 is 10.2 Å². The van der Waals surface area contributed by atoms with Crippen molar-refractivity contribution >= 4 is 35.0 Å². The molecule has 1 aliphatic heterocycles. The Labute approximate surface area is 186 Å². The number of nitrogens with zero attached hydrogens (tertiary/aromatic N) is 5. The molecule has 1 aromatic carbocycles. The van der Waals surface area contributed by atoms with Crippen LogP contribution in [0.5, 0.6) is 0 Å². The molecule has 2 aliphatic rings. The molecule has 1 N–H and O–H groups in total. The van der Waals surface area contributed by atoms with E-state index in [2.05, 4.69) is 67.3 Å². The fraction of sp³-hybridized carbons (Fsp3) is 0.409. The molecule has 0 unspecified atom stereocenters. The monoisotopic (exact) mass is 442 g/mol. The molecule has 0 bridgehead atoms. The van der Waals surface area contributed by atoms with Gasteiger partial charge in [-0.3, -0.25) is 4.57 Å². The molecule has 1 saturated carbocycles. The van der Waals surface area contributed by atoms with Gasteiger partial charge in [0.25, 0.3) is 0 Å². The summed E-state index contributed by atoms with van der Waals surface area (Å²) in [7, 11) is 2.09. The van der Waals surface area contributed by atoms with Crippen LogP contribution in [0.25, 0.3) is 0 Å². The minimum atomic E-state index is 0.0259. The summed E-state index contributed by atoms with van der Waals surface area (Å²) in [6.07, 6.45) is 5.83. The zero-order chi connectivity index (χ0) is 20.7. The van der Waals surface area contributed by atoms with Crippen molar-refractivity contribution in [3.63, 3.8) is 0 Å². The number of nitrogens with one attached hydrogen (secondary N) is 1. The number of pyridine rings is 1. The van der Waals surface area contributed by atoms with Gasteiger partial charge in [0.2, 0.25) is 5.95 Å². The Morgan fingerprint density at radius 3 is 2.47 bits per heavy atom. The summed E-state index contributed by atoms with van der Waals surface area (Å²) in [5.41, 5.74) is 1.36. The summed E-state index contributed by atoms with van der Waals surface area (Å²) in [5.74, 6) is 2.72. The lowest BCUT2D eigenvalue weighted by Crippen LogP contribution is -2.40. The van der Waals surface area contributed by atoms with Crippen LogP contribution in [0.2, 0.25) is 10.0 Å². The SMILES string of the molecule is Cn1c(N2CCC(Nc3ncc(Cl)cc3Cl)CC2)nnc1C1(c2ccccc2)CC1. The summed E-state index contributed by atoms with van der Waals surface area (Å²) in [5, 5.41) is 13.7. The predicted octanol–water partition coefficient (Wildman–Crippen LogP) is 4.68. The van der Waals surface area contributed by atoms with Crippen molar-refractivity contribution in [1.82, 2.24) is 19.7 Å². The van der Waals surface area contributed by atoms with E-state index in [1.807, 2.05) is 0 Å². The molecule has 0 atom stereocenters. The number of piperidine rings is 1. The second-order valence-corrected chi connectivity index (χ2v) is 9.06. The topological polar surface area (TPSA) is 58.9 Å². The van der Waals surface area contributed by atoms with Crippen molar-refractivity contribution in [3.05, 3.63) is 64.0 Å². The maximum atomic E-state index is 6.25. The Kier molecular flexibility index (Phi) is 5.07. The van der Waals surface area contributed by atoms with E-state index in [0.29, 0.717) is 21.9 Å². The third-order valence-corrected chi connectivity index (χ3v) is 6.78. The van der Waals surface area contributed by atoms with E-state index in [-0.39, 0.29) is 5.41 Å². The molecule has 156 valence electrons. The molecule has 0 amide bonds. The van der Waals surface area contributed by atoms with Gasteiger partial charge in [0.05, 0.1) is 15.5 Å². The van der Waals surface area contributed by atoms with Crippen LogP contribution in [-0.4, -0.2) is 38.9 Å². The smallest absolute Gasteiger partial charge is 0.226 e. The van der Waals surface area contributed by atoms with Crippen LogP contribution >= 0.6 is 23.2 Å². The Hall–Kier alpha value is -2.31. The molecule has 30 heavy (non-hydrogen) atoms. The van der Waals surface area contributed by atoms with Gasteiger partial charge in [0, 0.05) is 32.4 Å². The first kappa shape index (κ1) is 19.6. The van der Waals surface area contributed by atoms with Crippen molar-refractivity contribution < 1.29 is 0 Å². The third-order valence-electron chi connectivity index (χ3n) is 6.28. The van der Waals surface area contributed by atoms with Crippen molar-refractivity contribution in [2.45, 2.75) is 37.1 Å². The number of halogens is 2. The summed E-state index contributed by atoms with van der Waals surface area (Å²) in [4.78, 5) is 6.64. The molecule has 0 radical (unpaired) electrons. The van der Waals surface area contributed by atoms with Gasteiger partial charge in [-0.25, -0.2) is 4.98 Å². The lowest BCUT2D eigenvalue weighted by Gasteiger charge is -2.33. The fourth-order valence-corrected chi connectivity index (χ4v) is 4.91. The molecule has 2 aromatic heterocycles. The number of hydrogen-bond acceptors (Lipinski definition) is 5. The van der Waals surface area contributed by atoms with Gasteiger partial charge in [-0.05, 0) is 37.3 Å². The van der Waals surface area contributed by atoms with Crippen molar-refractivity contribution in [1.29, 1.82) is 0 Å². The molecule has 6 nitrogen and oxygen atoms in total. The van der Waals surface area contributed by atoms with Crippen LogP contribution in [0.1, 0.15) is 37.1 Å². The maximum absolute atomic E-state index is 6.25. The molecule has 3 heterocycles. The third kappa shape index (κ3) is 3.52. The average molecular weight is 443 g/mol. The van der Waals surface area contributed by atoms with E-state index in [1.165, 1.54) is 5.56 Å². The highest BCUT2D eigenvalue weighted by molar-refractivity contribution is 6.35. The van der Waals surface area contributed by atoms with Crippen LogP contribution in [-0.2, 0) is 12.5 Å². The highest BCUT2D eigenvalue weighted by Crippen LogP contribution is 2.53. The van der Waals surface area contributed by atoms with E-state index in [4.69, 9.17) is 23.2 Å². The number of anilines is 2. The van der Waals surface area contributed by atoms with Crippen molar-refractivity contribution in [2.24, 2.45) is 7.05 Å². The molecule has 1 aliphatic carbocycles. The summed E-state index contributed by atoms with van der Waals surface area (Å²) in [6.45, 7) is 1.82. The Morgan fingerprint density at radius 2 is 1.80 bits per heavy atom. The molecule has 5 rings (SSSR count). The Bertz CT molecular complexity index is 1040. The highest BCUT2D eigenvalue weighted by Gasteiger charge is 2.50. The highest BCUT2D eigenvalue weighted by atomic mass is 35.5. The number of hydrogen-bond donors (Lipinski definition) is 1. The van der Waals surface area contributed by atoms with Crippen LogP contribution in [0.15, 0.2) is 42.6 Å². The zero-order valence-electron chi connectivity index (χ0n) is 16.9. The number of aromatic nitrogens is 4. The Morgan fingerprint density at radius 1 is 1.07 bits per heavy atom. The average Bonchev–Trinajstić information content (AvgIpc) is 3.48. The lowest BCUT2D eigenvalue weighted by atomic mass is 9.95. The van der Waals surface area contributed by atoms with Crippen molar-refractivity contribution in [3.8, 4) is 0 Å². The second-order valence-electron chi connectivity index (χ2n) is 8.22. The molecule has 0 spiro atoms. The lowest BCUT2D eigenvalue weighted by molar-refractivity contribution is 0.513. The first-order chi connectivity index (χ1) is 14.6. The molecular weight excluding hydrogens is 419 g/mol. The minimum absolute atomic E-state index is 0.0259. The predicted molar refractivity (Wildman–Crippen MR) is 121 cm³/mol. The number of benzene rings is 1. The molecule has 1 saturated heterocycles. The van der Waals surface area contributed by atoms with E-state index in [0.717, 1.165) is 50.5 Å². The molecule has 2 fully saturated rings. The van der Waals surface area contributed by atoms with Crippen LogP contribution < -0.4 is 10.2 Å². The molecule has 3 aromatic rings. The summed E-state index contributed by atoms with van der Waals surface area (Å²) in [6, 6.07) is 12.7. The summed E-state index contributed by atoms with van der Waals surface area (Å²) < 4.78 is 2.19. The quantitative estimate of drug-likeness (QED) is 0.621. The van der Waals surface area contributed by atoms with E-state index >= 15 is 0 Å². The number of rotatable bonds is 5. The summed E-state index contributed by atoms with van der Waals surface area (Å²) >= 11 is 12.2. The first-order valence-corrected chi connectivity index (χ1v) is 11.1. The maximum Gasteiger partial charge on any atom is 0.226 e. The standard InChI is InChI=1S/C22H24Cl2N6/c1-29-20(22(9-10-22)15-5-3-2-4-6-15)27-28-21(29)30-11-7-17(8-12-30)26-19-18(24)13-16(23)14-25-19/h2-6,13-14,17H,7-12H2,1H3,(H,25,26). The van der Waals surface area contributed by atoms with Crippen LogP contribution in [0.4, 0.5) is 11.8 Å². The minimum Gasteiger partial charge on any atom is -0.366 e. The van der Waals surface area contributed by atoms with Gasteiger partial charge in [-0.1, -0.05) is 53.5 Å². The van der Waals surface area contributed by atoms with Crippen molar-refractivity contribution in [2.75, 3.05) is 23.3 Å². The Balaban J connectivity index is 1.27. The molecule has 8 heteroatoms. The van der Waals surface area contributed by atoms with E-state index < -0.39 is 0 Å². The second kappa shape index (κ2) is 7.75. The van der Waals surface area contributed by atoms with Gasteiger partial charge >= 0.3 is 0 Å². The molecular formula is C22H24Cl2N6. The van der Waals surface area contributed by atoms with E-state index in [9.17, 15) is 0 Å². The van der Waals surface area contributed by atoms with Gasteiger partial charge in [0.1, 0.15) is 11.6 Å². The van der Waals surface area contributed by atoms with Crippen LogP contribution in [0, 0.1) is 0 Å². The fourth-order valence-electron chi connectivity index (χ4n) is 4.47. The normalized spacial score (nSPS) is 18.4. The largest absolute Gasteiger partial charge is 0.366 e. The van der Waals surface area contributed by atoms with Gasteiger partial charge in [-0.2, -0.15) is 0 Å². The van der Waals surface area contributed by atoms with Gasteiger partial charge in [0.15, 0.2) is 0 Å².